The van der Waals surface area contributed by atoms with Crippen LogP contribution in [0.3, 0.4) is 0 Å². The zero-order valence-electron chi connectivity index (χ0n) is 11.1. The van der Waals surface area contributed by atoms with Gasteiger partial charge >= 0.3 is 0 Å². The number of hydrogen-bond acceptors (Lipinski definition) is 1. The standard InChI is InChI=1S/C14H30O/c1-4-7-8-9-10-11-13-14(12-5-2)15-6-3/h14H,4-13H2,1-3H3. The summed E-state index contributed by atoms with van der Waals surface area (Å²) in [4.78, 5) is 0. The summed E-state index contributed by atoms with van der Waals surface area (Å²) in [5, 5.41) is 0. The molecule has 0 aliphatic carbocycles. The van der Waals surface area contributed by atoms with E-state index in [0.717, 1.165) is 6.61 Å². The van der Waals surface area contributed by atoms with E-state index in [1.807, 2.05) is 0 Å². The average Bonchev–Trinajstić information content (AvgIpc) is 2.24. The lowest BCUT2D eigenvalue weighted by Crippen LogP contribution is -2.12. The molecule has 15 heavy (non-hydrogen) atoms. The van der Waals surface area contributed by atoms with Gasteiger partial charge in [-0.15, -0.1) is 0 Å². The van der Waals surface area contributed by atoms with Gasteiger partial charge in [0.05, 0.1) is 6.10 Å². The first-order valence-corrected chi connectivity index (χ1v) is 6.96. The number of unbranched alkanes of at least 4 members (excludes halogenated alkanes) is 5. The zero-order valence-corrected chi connectivity index (χ0v) is 11.1. The third kappa shape index (κ3) is 10.2. The van der Waals surface area contributed by atoms with Crippen LogP contribution in [0.15, 0.2) is 0 Å². The lowest BCUT2D eigenvalue weighted by molar-refractivity contribution is 0.0484. The Morgan fingerprint density at radius 3 is 2.00 bits per heavy atom. The molecule has 0 heterocycles. The van der Waals surface area contributed by atoms with Crippen LogP contribution in [0.5, 0.6) is 0 Å². The highest BCUT2D eigenvalue weighted by atomic mass is 16.5. The van der Waals surface area contributed by atoms with Gasteiger partial charge in [-0.3, -0.25) is 0 Å². The van der Waals surface area contributed by atoms with Gasteiger partial charge in [-0.1, -0.05) is 58.8 Å². The van der Waals surface area contributed by atoms with Crippen LogP contribution in [0.1, 0.15) is 78.6 Å². The molecule has 0 saturated heterocycles. The molecular weight excluding hydrogens is 184 g/mol. The van der Waals surface area contributed by atoms with Gasteiger partial charge in [-0.2, -0.15) is 0 Å². The number of ether oxygens (including phenoxy) is 1. The van der Waals surface area contributed by atoms with Crippen LogP contribution in [-0.4, -0.2) is 12.7 Å². The van der Waals surface area contributed by atoms with Crippen molar-refractivity contribution in [1.82, 2.24) is 0 Å². The molecule has 0 amide bonds. The quantitative estimate of drug-likeness (QED) is 0.442. The molecule has 0 spiro atoms. The van der Waals surface area contributed by atoms with Gasteiger partial charge in [0.15, 0.2) is 0 Å². The fraction of sp³-hybridized carbons (Fsp3) is 1.00. The highest BCUT2D eigenvalue weighted by molar-refractivity contribution is 4.57. The summed E-state index contributed by atoms with van der Waals surface area (Å²) < 4.78 is 5.71. The minimum absolute atomic E-state index is 0.533. The van der Waals surface area contributed by atoms with Crippen molar-refractivity contribution in [3.63, 3.8) is 0 Å². The summed E-state index contributed by atoms with van der Waals surface area (Å²) in [7, 11) is 0. The van der Waals surface area contributed by atoms with Gasteiger partial charge in [0, 0.05) is 6.61 Å². The van der Waals surface area contributed by atoms with E-state index in [0.29, 0.717) is 6.10 Å². The minimum Gasteiger partial charge on any atom is -0.379 e. The van der Waals surface area contributed by atoms with Crippen LogP contribution < -0.4 is 0 Å². The largest absolute Gasteiger partial charge is 0.379 e. The van der Waals surface area contributed by atoms with E-state index in [2.05, 4.69) is 20.8 Å². The number of hydrogen-bond donors (Lipinski definition) is 0. The summed E-state index contributed by atoms with van der Waals surface area (Å²) in [5.41, 5.74) is 0. The van der Waals surface area contributed by atoms with Gasteiger partial charge in [-0.25, -0.2) is 0 Å². The molecule has 1 heteroatoms. The molecule has 1 atom stereocenters. The van der Waals surface area contributed by atoms with E-state index in [1.165, 1.54) is 57.8 Å². The molecule has 92 valence electrons. The Bertz CT molecular complexity index is 106. The summed E-state index contributed by atoms with van der Waals surface area (Å²) in [6.45, 7) is 7.49. The Morgan fingerprint density at radius 1 is 0.733 bits per heavy atom. The Morgan fingerprint density at radius 2 is 1.40 bits per heavy atom. The van der Waals surface area contributed by atoms with Crippen LogP contribution >= 0.6 is 0 Å². The van der Waals surface area contributed by atoms with Crippen molar-refractivity contribution in [2.45, 2.75) is 84.7 Å². The second-order valence-corrected chi connectivity index (χ2v) is 4.42. The minimum atomic E-state index is 0.533. The first kappa shape index (κ1) is 15.0. The molecule has 0 aromatic carbocycles. The Labute approximate surface area is 96.6 Å². The molecule has 0 saturated carbocycles. The van der Waals surface area contributed by atoms with E-state index in [4.69, 9.17) is 4.74 Å². The average molecular weight is 214 g/mol. The van der Waals surface area contributed by atoms with Crippen LogP contribution in [0.25, 0.3) is 0 Å². The highest BCUT2D eigenvalue weighted by Gasteiger charge is 2.06. The second-order valence-electron chi connectivity index (χ2n) is 4.42. The van der Waals surface area contributed by atoms with Gasteiger partial charge < -0.3 is 4.74 Å². The Kier molecular flexibility index (Phi) is 12.0. The fourth-order valence-corrected chi connectivity index (χ4v) is 2.02. The summed E-state index contributed by atoms with van der Waals surface area (Å²) in [6, 6.07) is 0. The van der Waals surface area contributed by atoms with E-state index in [9.17, 15) is 0 Å². The Balaban J connectivity index is 3.28. The molecule has 1 unspecified atom stereocenters. The lowest BCUT2D eigenvalue weighted by atomic mass is 10.0. The maximum absolute atomic E-state index is 5.71. The van der Waals surface area contributed by atoms with Crippen LogP contribution in [0.4, 0.5) is 0 Å². The smallest absolute Gasteiger partial charge is 0.0574 e. The predicted molar refractivity (Wildman–Crippen MR) is 68.3 cm³/mol. The SMILES string of the molecule is CCCCCCCCC(CCC)OCC. The van der Waals surface area contributed by atoms with Crippen molar-refractivity contribution in [2.75, 3.05) is 6.61 Å². The summed E-state index contributed by atoms with van der Waals surface area (Å²) in [6.07, 6.45) is 12.6. The highest BCUT2D eigenvalue weighted by Crippen LogP contribution is 2.13. The van der Waals surface area contributed by atoms with Crippen LogP contribution in [0.2, 0.25) is 0 Å². The zero-order chi connectivity index (χ0) is 11.4. The van der Waals surface area contributed by atoms with Crippen molar-refractivity contribution >= 4 is 0 Å². The molecule has 0 rings (SSSR count). The number of rotatable bonds is 11. The topological polar surface area (TPSA) is 9.23 Å². The third-order valence-electron chi connectivity index (χ3n) is 2.89. The van der Waals surface area contributed by atoms with E-state index in [-0.39, 0.29) is 0 Å². The molecule has 0 radical (unpaired) electrons. The van der Waals surface area contributed by atoms with E-state index in [1.54, 1.807) is 0 Å². The molecule has 0 aromatic rings. The first-order valence-electron chi connectivity index (χ1n) is 6.96. The van der Waals surface area contributed by atoms with E-state index < -0.39 is 0 Å². The first-order chi connectivity index (χ1) is 7.35. The normalized spacial score (nSPS) is 13.0. The molecule has 0 aromatic heterocycles. The molecule has 0 aliphatic rings. The summed E-state index contributed by atoms with van der Waals surface area (Å²) >= 11 is 0. The maximum Gasteiger partial charge on any atom is 0.0574 e. The van der Waals surface area contributed by atoms with Crippen molar-refractivity contribution in [2.24, 2.45) is 0 Å². The Hall–Kier alpha value is -0.0400. The third-order valence-corrected chi connectivity index (χ3v) is 2.89. The van der Waals surface area contributed by atoms with Crippen molar-refractivity contribution in [1.29, 1.82) is 0 Å². The molecule has 1 nitrogen and oxygen atoms in total. The van der Waals surface area contributed by atoms with Gasteiger partial charge in [0.25, 0.3) is 0 Å². The maximum atomic E-state index is 5.71. The van der Waals surface area contributed by atoms with E-state index >= 15 is 0 Å². The van der Waals surface area contributed by atoms with Gasteiger partial charge in [0.2, 0.25) is 0 Å². The second kappa shape index (κ2) is 12.0. The van der Waals surface area contributed by atoms with Crippen molar-refractivity contribution < 1.29 is 4.74 Å². The molecular formula is C14H30O. The monoisotopic (exact) mass is 214 g/mol. The molecule has 0 aliphatic heterocycles. The van der Waals surface area contributed by atoms with Gasteiger partial charge in [-0.05, 0) is 19.8 Å². The summed E-state index contributed by atoms with van der Waals surface area (Å²) in [5.74, 6) is 0. The predicted octanol–water partition coefficient (Wildman–Crippen LogP) is 4.94. The fourth-order valence-electron chi connectivity index (χ4n) is 2.02. The van der Waals surface area contributed by atoms with Crippen molar-refractivity contribution in [3.05, 3.63) is 0 Å². The molecule has 0 N–H and O–H groups in total. The van der Waals surface area contributed by atoms with Crippen LogP contribution in [-0.2, 0) is 4.74 Å². The molecule has 0 bridgehead atoms. The lowest BCUT2D eigenvalue weighted by Gasteiger charge is -2.15. The van der Waals surface area contributed by atoms with Gasteiger partial charge in [0.1, 0.15) is 0 Å². The van der Waals surface area contributed by atoms with Crippen LogP contribution in [0, 0.1) is 0 Å². The van der Waals surface area contributed by atoms with Crippen molar-refractivity contribution in [3.8, 4) is 0 Å². The molecule has 0 fully saturated rings.